The van der Waals surface area contributed by atoms with E-state index in [-0.39, 0.29) is 13.0 Å². The predicted octanol–water partition coefficient (Wildman–Crippen LogP) is -0.582. The van der Waals surface area contributed by atoms with Crippen molar-refractivity contribution < 1.29 is 33.7 Å². The van der Waals surface area contributed by atoms with Crippen LogP contribution in [0.5, 0.6) is 0 Å². The van der Waals surface area contributed by atoms with Crippen LogP contribution >= 0.6 is 0 Å². The summed E-state index contributed by atoms with van der Waals surface area (Å²) in [6.45, 7) is 3.75. The molecular formula is C11H23NO7. The fourth-order valence-corrected chi connectivity index (χ4v) is 1.03. The third-order valence-electron chi connectivity index (χ3n) is 1.92. The number of carboxylic acid groups (broad SMARTS) is 1. The van der Waals surface area contributed by atoms with Gasteiger partial charge >= 0.3 is 5.97 Å². The molecule has 0 heterocycles. The van der Waals surface area contributed by atoms with Crippen LogP contribution in [-0.4, -0.2) is 70.5 Å². The van der Waals surface area contributed by atoms with Crippen molar-refractivity contribution in [3.8, 4) is 0 Å². The number of aliphatic carboxylic acids is 1. The molecule has 0 aromatic heterocycles. The van der Waals surface area contributed by atoms with Crippen LogP contribution in [0.25, 0.3) is 0 Å². The van der Waals surface area contributed by atoms with Crippen LogP contribution in [0.4, 0.5) is 0 Å². The normalized spacial score (nSPS) is 10.8. The molecule has 0 unspecified atom stereocenters. The Balaban J connectivity index is 2.93. The highest BCUT2D eigenvalue weighted by Gasteiger charge is 1.96. The molecule has 0 aromatic carbocycles. The summed E-state index contributed by atoms with van der Waals surface area (Å²) in [4.78, 5) is 14.5. The summed E-state index contributed by atoms with van der Waals surface area (Å²) in [6, 6.07) is 0. The van der Waals surface area contributed by atoms with Gasteiger partial charge < -0.3 is 28.9 Å². The van der Waals surface area contributed by atoms with Gasteiger partial charge in [-0.3, -0.25) is 4.79 Å². The Morgan fingerprint density at radius 1 is 0.737 bits per heavy atom. The Morgan fingerprint density at radius 3 is 1.47 bits per heavy atom. The maximum Gasteiger partial charge on any atom is 0.305 e. The van der Waals surface area contributed by atoms with Crippen molar-refractivity contribution in [2.75, 3.05) is 59.5 Å². The van der Waals surface area contributed by atoms with Crippen LogP contribution in [0.2, 0.25) is 0 Å². The van der Waals surface area contributed by atoms with Gasteiger partial charge in [-0.1, -0.05) is 0 Å². The van der Waals surface area contributed by atoms with Gasteiger partial charge in [0.15, 0.2) is 0 Å². The number of rotatable bonds is 15. The summed E-state index contributed by atoms with van der Waals surface area (Å²) in [6.07, 6.45) is 0.0122. The van der Waals surface area contributed by atoms with Crippen LogP contribution in [0.15, 0.2) is 0 Å². The van der Waals surface area contributed by atoms with Crippen molar-refractivity contribution in [2.45, 2.75) is 6.42 Å². The summed E-state index contributed by atoms with van der Waals surface area (Å²) in [5.74, 6) is 3.95. The zero-order valence-electron chi connectivity index (χ0n) is 11.0. The third-order valence-corrected chi connectivity index (χ3v) is 1.92. The topological polar surface area (TPSA) is 109 Å². The molecule has 0 rings (SSSR count). The van der Waals surface area contributed by atoms with E-state index in [1.165, 1.54) is 0 Å². The fourth-order valence-electron chi connectivity index (χ4n) is 1.03. The average molecular weight is 281 g/mol. The quantitative estimate of drug-likeness (QED) is 0.303. The van der Waals surface area contributed by atoms with E-state index in [1.807, 2.05) is 0 Å². The molecule has 3 N–H and O–H groups in total. The molecule has 8 heteroatoms. The van der Waals surface area contributed by atoms with Crippen LogP contribution in [0.3, 0.4) is 0 Å². The second-order valence-electron chi connectivity index (χ2n) is 3.46. The van der Waals surface area contributed by atoms with Gasteiger partial charge in [0, 0.05) is 0 Å². The second-order valence-corrected chi connectivity index (χ2v) is 3.46. The van der Waals surface area contributed by atoms with E-state index in [9.17, 15) is 4.79 Å². The molecule has 0 radical (unpaired) electrons. The van der Waals surface area contributed by atoms with Gasteiger partial charge in [-0.15, -0.1) is 0 Å². The van der Waals surface area contributed by atoms with E-state index in [0.717, 1.165) is 0 Å². The standard InChI is InChI=1S/C11H23NO7/c12-19-10-9-18-8-7-17-6-5-16-4-3-15-2-1-11(13)14/h1-10,12H2,(H,13,14). The monoisotopic (exact) mass is 281 g/mol. The summed E-state index contributed by atoms with van der Waals surface area (Å²) in [7, 11) is 0. The van der Waals surface area contributed by atoms with E-state index < -0.39 is 5.97 Å². The highest BCUT2D eigenvalue weighted by Crippen LogP contribution is 1.85. The maximum atomic E-state index is 10.2. The van der Waals surface area contributed by atoms with Crippen LogP contribution in [-0.2, 0) is 28.6 Å². The van der Waals surface area contributed by atoms with Crippen LogP contribution < -0.4 is 5.90 Å². The first-order valence-electron chi connectivity index (χ1n) is 6.12. The molecule has 19 heavy (non-hydrogen) atoms. The fraction of sp³-hybridized carbons (Fsp3) is 0.909. The molecule has 8 nitrogen and oxygen atoms in total. The molecule has 0 fully saturated rings. The van der Waals surface area contributed by atoms with Crippen molar-refractivity contribution in [1.82, 2.24) is 0 Å². The SMILES string of the molecule is NOCCOCCOCCOCCOCCC(=O)O. The Hall–Kier alpha value is -0.770. The number of ether oxygens (including phenoxy) is 4. The molecule has 114 valence electrons. The molecule has 0 aliphatic rings. The van der Waals surface area contributed by atoms with Crippen molar-refractivity contribution in [1.29, 1.82) is 0 Å². The van der Waals surface area contributed by atoms with Gasteiger partial charge in [0.25, 0.3) is 0 Å². The molecule has 0 saturated carbocycles. The lowest BCUT2D eigenvalue weighted by Crippen LogP contribution is -2.14. The summed E-state index contributed by atoms with van der Waals surface area (Å²) in [5.41, 5.74) is 0. The van der Waals surface area contributed by atoms with E-state index >= 15 is 0 Å². The molecule has 0 aliphatic heterocycles. The zero-order chi connectivity index (χ0) is 14.2. The molecule has 0 aliphatic carbocycles. The number of carbonyl (C=O) groups is 1. The third kappa shape index (κ3) is 17.2. The van der Waals surface area contributed by atoms with Gasteiger partial charge in [0.2, 0.25) is 0 Å². The van der Waals surface area contributed by atoms with Crippen molar-refractivity contribution >= 4 is 5.97 Å². The number of hydrogen-bond acceptors (Lipinski definition) is 7. The van der Waals surface area contributed by atoms with Crippen LogP contribution in [0, 0.1) is 0 Å². The minimum atomic E-state index is -0.866. The molecule has 0 bridgehead atoms. The van der Waals surface area contributed by atoms with Gasteiger partial charge in [-0.2, -0.15) is 0 Å². The van der Waals surface area contributed by atoms with Gasteiger partial charge in [-0.05, 0) is 0 Å². The molecule has 0 aromatic rings. The first kappa shape index (κ1) is 18.2. The van der Waals surface area contributed by atoms with E-state index in [0.29, 0.717) is 52.9 Å². The first-order chi connectivity index (χ1) is 9.27. The van der Waals surface area contributed by atoms with E-state index in [2.05, 4.69) is 4.84 Å². The highest BCUT2D eigenvalue weighted by molar-refractivity contribution is 5.66. The number of hydrogen-bond donors (Lipinski definition) is 2. The zero-order valence-corrected chi connectivity index (χ0v) is 11.0. The van der Waals surface area contributed by atoms with Gasteiger partial charge in [-0.25, -0.2) is 5.90 Å². The van der Waals surface area contributed by atoms with Gasteiger partial charge in [0.05, 0.1) is 65.9 Å². The Morgan fingerprint density at radius 2 is 1.11 bits per heavy atom. The minimum Gasteiger partial charge on any atom is -0.481 e. The maximum absolute atomic E-state index is 10.2. The van der Waals surface area contributed by atoms with Crippen molar-refractivity contribution in [3.63, 3.8) is 0 Å². The summed E-state index contributed by atoms with van der Waals surface area (Å²) < 4.78 is 20.6. The molecule has 0 spiro atoms. The molecule has 0 atom stereocenters. The smallest absolute Gasteiger partial charge is 0.305 e. The highest BCUT2D eigenvalue weighted by atomic mass is 16.6. The van der Waals surface area contributed by atoms with Gasteiger partial charge in [0.1, 0.15) is 0 Å². The van der Waals surface area contributed by atoms with Crippen LogP contribution in [0.1, 0.15) is 6.42 Å². The minimum absolute atomic E-state index is 0.0122. The Kier molecular flexibility index (Phi) is 14.7. The summed E-state index contributed by atoms with van der Waals surface area (Å²) in [5, 5.41) is 8.35. The largest absolute Gasteiger partial charge is 0.481 e. The molecule has 0 saturated heterocycles. The summed E-state index contributed by atoms with van der Waals surface area (Å²) >= 11 is 0. The Bertz CT molecular complexity index is 203. The molecular weight excluding hydrogens is 258 g/mol. The van der Waals surface area contributed by atoms with E-state index in [1.54, 1.807) is 0 Å². The van der Waals surface area contributed by atoms with Crippen molar-refractivity contribution in [2.24, 2.45) is 5.90 Å². The van der Waals surface area contributed by atoms with Crippen molar-refractivity contribution in [3.05, 3.63) is 0 Å². The lowest BCUT2D eigenvalue weighted by Gasteiger charge is -2.06. The predicted molar refractivity (Wildman–Crippen MR) is 65.7 cm³/mol. The number of nitrogens with two attached hydrogens (primary N) is 1. The lowest BCUT2D eigenvalue weighted by molar-refractivity contribution is -0.138. The Labute approximate surface area is 112 Å². The first-order valence-corrected chi connectivity index (χ1v) is 6.12. The second kappa shape index (κ2) is 15.3. The molecule has 0 amide bonds. The lowest BCUT2D eigenvalue weighted by atomic mass is 10.5. The average Bonchev–Trinajstić information content (AvgIpc) is 2.39. The van der Waals surface area contributed by atoms with E-state index in [4.69, 9.17) is 30.0 Å². The number of carboxylic acids is 1.